The molecule has 0 radical (unpaired) electrons. The van der Waals surface area contributed by atoms with Gasteiger partial charge in [-0.05, 0) is 59.4 Å². The first-order chi connectivity index (χ1) is 7.58. The molecule has 0 atom stereocenters. The van der Waals surface area contributed by atoms with Gasteiger partial charge in [-0.15, -0.1) is 0 Å². The van der Waals surface area contributed by atoms with Gasteiger partial charge in [-0.1, -0.05) is 12.1 Å². The molecule has 1 aromatic heterocycles. The van der Waals surface area contributed by atoms with E-state index in [1.807, 2.05) is 12.1 Å². The molecule has 0 saturated carbocycles. The molecule has 16 heavy (non-hydrogen) atoms. The minimum absolute atomic E-state index is 0.264. The smallest absolute Gasteiger partial charge is 0.137 e. The fourth-order valence-electron chi connectivity index (χ4n) is 1.31. The van der Waals surface area contributed by atoms with Gasteiger partial charge in [0.05, 0.1) is 11.0 Å². The lowest BCUT2D eigenvalue weighted by atomic mass is 10.2. The highest BCUT2D eigenvalue weighted by Gasteiger charge is 2.08. The van der Waals surface area contributed by atoms with Crippen LogP contribution in [-0.2, 0) is 6.54 Å². The summed E-state index contributed by atoms with van der Waals surface area (Å²) in [6, 6.07) is 6.80. The Labute approximate surface area is 117 Å². The van der Waals surface area contributed by atoms with Crippen LogP contribution in [0.1, 0.15) is 5.56 Å². The predicted molar refractivity (Wildman–Crippen MR) is 70.8 cm³/mol. The van der Waals surface area contributed by atoms with Crippen LogP contribution in [0.2, 0.25) is 0 Å². The average molecular weight is 413 g/mol. The van der Waals surface area contributed by atoms with Crippen molar-refractivity contribution in [2.24, 2.45) is 0 Å². The molecule has 1 aromatic carbocycles. The minimum Gasteiger partial charge on any atom is -0.253 e. The van der Waals surface area contributed by atoms with Crippen LogP contribution >= 0.6 is 47.8 Å². The predicted octanol–water partition coefficient (Wildman–Crippen LogP) is 4.36. The molecule has 1 heterocycles. The van der Waals surface area contributed by atoms with E-state index in [-0.39, 0.29) is 5.82 Å². The van der Waals surface area contributed by atoms with Crippen LogP contribution in [0.3, 0.4) is 0 Å². The third-order valence-corrected chi connectivity index (χ3v) is 3.97. The molecule has 0 spiro atoms. The highest BCUT2D eigenvalue weighted by molar-refractivity contribution is 9.11. The number of aromatic nitrogens is 2. The van der Waals surface area contributed by atoms with E-state index in [1.54, 1.807) is 10.7 Å². The molecular formula is C10H6Br3FN2. The molecule has 0 aliphatic carbocycles. The van der Waals surface area contributed by atoms with Gasteiger partial charge in [-0.2, -0.15) is 5.10 Å². The van der Waals surface area contributed by atoms with Gasteiger partial charge in [0.1, 0.15) is 15.0 Å². The lowest BCUT2D eigenvalue weighted by Crippen LogP contribution is -2.03. The number of benzene rings is 1. The summed E-state index contributed by atoms with van der Waals surface area (Å²) < 4.78 is 17.1. The summed E-state index contributed by atoms with van der Waals surface area (Å²) in [5.41, 5.74) is 0.844. The normalized spacial score (nSPS) is 10.8. The van der Waals surface area contributed by atoms with E-state index >= 15 is 0 Å². The van der Waals surface area contributed by atoms with E-state index in [9.17, 15) is 4.39 Å². The molecule has 0 N–H and O–H groups in total. The summed E-state index contributed by atoms with van der Waals surface area (Å²) in [6.07, 6.45) is 0. The van der Waals surface area contributed by atoms with Crippen molar-refractivity contribution in [1.29, 1.82) is 0 Å². The quantitative estimate of drug-likeness (QED) is 0.716. The first kappa shape index (κ1) is 12.3. The van der Waals surface area contributed by atoms with Crippen molar-refractivity contribution in [2.45, 2.75) is 6.54 Å². The van der Waals surface area contributed by atoms with Crippen molar-refractivity contribution in [3.8, 4) is 0 Å². The number of halogens is 4. The van der Waals surface area contributed by atoms with Crippen LogP contribution in [0.25, 0.3) is 0 Å². The average Bonchev–Trinajstić information content (AvgIpc) is 2.53. The second-order valence-corrected chi connectivity index (χ2v) is 5.58. The highest BCUT2D eigenvalue weighted by atomic mass is 79.9. The Bertz CT molecular complexity index is 525. The Morgan fingerprint density at radius 2 is 2.00 bits per heavy atom. The Morgan fingerprint density at radius 3 is 2.62 bits per heavy atom. The summed E-state index contributed by atoms with van der Waals surface area (Å²) in [6.45, 7) is 0.504. The lowest BCUT2D eigenvalue weighted by molar-refractivity contribution is 0.609. The van der Waals surface area contributed by atoms with E-state index in [1.165, 1.54) is 6.07 Å². The Hall–Kier alpha value is -0.200. The maximum atomic E-state index is 13.3. The summed E-state index contributed by atoms with van der Waals surface area (Å²) in [7, 11) is 0. The van der Waals surface area contributed by atoms with Crippen molar-refractivity contribution >= 4 is 47.8 Å². The highest BCUT2D eigenvalue weighted by Crippen LogP contribution is 2.23. The van der Waals surface area contributed by atoms with Crippen LogP contribution < -0.4 is 0 Å². The van der Waals surface area contributed by atoms with Crippen LogP contribution in [0, 0.1) is 5.82 Å². The van der Waals surface area contributed by atoms with Gasteiger partial charge in [0.15, 0.2) is 0 Å². The van der Waals surface area contributed by atoms with E-state index in [0.717, 1.165) is 14.8 Å². The molecule has 2 aromatic rings. The molecule has 2 rings (SSSR count). The third kappa shape index (κ3) is 2.55. The molecular weight excluding hydrogens is 407 g/mol. The van der Waals surface area contributed by atoms with Gasteiger partial charge in [-0.25, -0.2) is 4.39 Å². The van der Waals surface area contributed by atoms with Gasteiger partial charge in [0.2, 0.25) is 0 Å². The number of rotatable bonds is 2. The molecule has 0 fully saturated rings. The van der Waals surface area contributed by atoms with Crippen LogP contribution in [0.4, 0.5) is 4.39 Å². The Balaban J connectivity index is 2.34. The first-order valence-electron chi connectivity index (χ1n) is 4.39. The Morgan fingerprint density at radius 1 is 1.25 bits per heavy atom. The van der Waals surface area contributed by atoms with Gasteiger partial charge >= 0.3 is 0 Å². The maximum Gasteiger partial charge on any atom is 0.137 e. The minimum atomic E-state index is -0.264. The zero-order chi connectivity index (χ0) is 11.7. The molecule has 6 heteroatoms. The number of hydrogen-bond acceptors (Lipinski definition) is 1. The summed E-state index contributed by atoms with van der Waals surface area (Å²) in [4.78, 5) is 0. The molecule has 0 unspecified atom stereocenters. The zero-order valence-electron chi connectivity index (χ0n) is 7.92. The van der Waals surface area contributed by atoms with Gasteiger partial charge < -0.3 is 0 Å². The van der Waals surface area contributed by atoms with E-state index in [2.05, 4.69) is 52.9 Å². The van der Waals surface area contributed by atoms with Crippen LogP contribution in [0.15, 0.2) is 37.9 Å². The lowest BCUT2D eigenvalue weighted by Gasteiger charge is -2.06. The molecule has 2 nitrogen and oxygen atoms in total. The zero-order valence-corrected chi connectivity index (χ0v) is 12.7. The summed E-state index contributed by atoms with van der Waals surface area (Å²) in [5.74, 6) is -0.264. The second kappa shape index (κ2) is 4.98. The first-order valence-corrected chi connectivity index (χ1v) is 6.77. The second-order valence-electron chi connectivity index (χ2n) is 3.16. The Kier molecular flexibility index (Phi) is 3.81. The van der Waals surface area contributed by atoms with Gasteiger partial charge in [0, 0.05) is 6.07 Å². The van der Waals surface area contributed by atoms with E-state index in [0.29, 0.717) is 11.0 Å². The monoisotopic (exact) mass is 410 g/mol. The van der Waals surface area contributed by atoms with Crippen molar-refractivity contribution in [3.63, 3.8) is 0 Å². The summed E-state index contributed by atoms with van der Waals surface area (Å²) >= 11 is 9.89. The molecule has 0 aliphatic heterocycles. The van der Waals surface area contributed by atoms with Crippen molar-refractivity contribution in [2.75, 3.05) is 0 Å². The number of nitrogens with zero attached hydrogens (tertiary/aromatic N) is 2. The number of hydrogen-bond donors (Lipinski definition) is 0. The van der Waals surface area contributed by atoms with Gasteiger partial charge in [0.25, 0.3) is 0 Å². The topological polar surface area (TPSA) is 17.8 Å². The summed E-state index contributed by atoms with van der Waals surface area (Å²) in [5, 5.41) is 4.22. The SMILES string of the molecule is Fc1cccc(Cn2nc(Br)cc2Br)c1Br. The van der Waals surface area contributed by atoms with Crippen molar-refractivity contribution < 1.29 is 4.39 Å². The van der Waals surface area contributed by atoms with Crippen LogP contribution in [0.5, 0.6) is 0 Å². The van der Waals surface area contributed by atoms with Gasteiger partial charge in [-0.3, -0.25) is 4.68 Å². The largest absolute Gasteiger partial charge is 0.253 e. The van der Waals surface area contributed by atoms with Crippen molar-refractivity contribution in [3.05, 3.63) is 49.3 Å². The third-order valence-electron chi connectivity index (χ3n) is 2.05. The molecule has 0 bridgehead atoms. The van der Waals surface area contributed by atoms with E-state index in [4.69, 9.17) is 0 Å². The fraction of sp³-hybridized carbons (Fsp3) is 0.100. The fourth-order valence-corrected chi connectivity index (χ4v) is 2.83. The molecule has 0 amide bonds. The van der Waals surface area contributed by atoms with Crippen LogP contribution in [-0.4, -0.2) is 9.78 Å². The van der Waals surface area contributed by atoms with E-state index < -0.39 is 0 Å². The molecule has 84 valence electrons. The molecule has 0 aliphatic rings. The van der Waals surface area contributed by atoms with Crippen molar-refractivity contribution in [1.82, 2.24) is 9.78 Å². The maximum absolute atomic E-state index is 13.3. The standard InChI is InChI=1S/C10H6Br3FN2/c11-8-4-9(12)16(15-8)5-6-2-1-3-7(14)10(6)13/h1-4H,5H2. The molecule has 0 saturated heterocycles.